The summed E-state index contributed by atoms with van der Waals surface area (Å²) in [4.78, 5) is 23.7. The second-order valence-electron chi connectivity index (χ2n) is 5.47. The maximum atomic E-state index is 12.0. The van der Waals surface area contributed by atoms with E-state index >= 15 is 0 Å². The third kappa shape index (κ3) is 3.81. The summed E-state index contributed by atoms with van der Waals surface area (Å²) < 4.78 is 15.7. The van der Waals surface area contributed by atoms with E-state index in [1.807, 2.05) is 13.0 Å². The molecule has 1 aliphatic heterocycles. The van der Waals surface area contributed by atoms with Crippen molar-refractivity contribution in [2.75, 3.05) is 6.61 Å². The number of epoxide rings is 1. The second-order valence-corrected chi connectivity index (χ2v) is 5.47. The molecule has 0 saturated carbocycles. The lowest BCUT2D eigenvalue weighted by molar-refractivity contribution is -0.145. The molecule has 2 atom stereocenters. The molecule has 0 unspecified atom stereocenters. The monoisotopic (exact) mass is 326 g/mol. The molecule has 1 heterocycles. The minimum atomic E-state index is -0.533. The van der Waals surface area contributed by atoms with E-state index in [0.717, 1.165) is 12.0 Å². The molecule has 5 heteroatoms. The molecule has 0 spiro atoms. The molecule has 2 aromatic rings. The van der Waals surface area contributed by atoms with E-state index in [1.54, 1.807) is 48.5 Å². The van der Waals surface area contributed by atoms with E-state index in [0.29, 0.717) is 17.9 Å². The minimum absolute atomic E-state index is 0.284. The lowest BCUT2D eigenvalue weighted by atomic mass is 10.1. The fourth-order valence-corrected chi connectivity index (χ4v) is 2.30. The van der Waals surface area contributed by atoms with Crippen molar-refractivity contribution in [2.45, 2.75) is 25.6 Å². The fraction of sp³-hybridized carbons (Fsp3) is 0.263. The molecule has 1 saturated heterocycles. The van der Waals surface area contributed by atoms with Gasteiger partial charge in [-0.1, -0.05) is 37.3 Å². The Hall–Kier alpha value is -2.66. The maximum Gasteiger partial charge on any atom is 0.343 e. The van der Waals surface area contributed by atoms with Gasteiger partial charge in [-0.25, -0.2) is 9.59 Å². The van der Waals surface area contributed by atoms with Gasteiger partial charge in [0.2, 0.25) is 0 Å². The zero-order valence-corrected chi connectivity index (χ0v) is 13.3. The number of carbonyl (C=O) groups excluding carboxylic acids is 2. The first kappa shape index (κ1) is 16.2. The van der Waals surface area contributed by atoms with Crippen molar-refractivity contribution < 1.29 is 23.8 Å². The molecular formula is C19H18O5. The van der Waals surface area contributed by atoms with Gasteiger partial charge in [0.05, 0.1) is 12.2 Å². The van der Waals surface area contributed by atoms with E-state index in [9.17, 15) is 9.59 Å². The third-order valence-corrected chi connectivity index (χ3v) is 3.60. The SMILES string of the molecule is CCCOC(=O)[C@@H]1O[C@H]1c1ccc(OC(=O)c2ccccc2)cc1. The van der Waals surface area contributed by atoms with Gasteiger partial charge in [-0.05, 0) is 36.2 Å². The highest BCUT2D eigenvalue weighted by Gasteiger charge is 2.47. The first-order valence-electron chi connectivity index (χ1n) is 7.88. The first-order valence-corrected chi connectivity index (χ1v) is 7.88. The molecule has 0 bridgehead atoms. The van der Waals surface area contributed by atoms with E-state index in [4.69, 9.17) is 14.2 Å². The summed E-state index contributed by atoms with van der Waals surface area (Å²) >= 11 is 0. The predicted octanol–water partition coefficient (Wildman–Crippen LogP) is 3.30. The highest BCUT2D eigenvalue weighted by Crippen LogP contribution is 2.39. The fourth-order valence-electron chi connectivity index (χ4n) is 2.30. The smallest absolute Gasteiger partial charge is 0.343 e. The Kier molecular flexibility index (Phi) is 4.91. The van der Waals surface area contributed by atoms with Crippen LogP contribution in [0.4, 0.5) is 0 Å². The van der Waals surface area contributed by atoms with Gasteiger partial charge in [0.15, 0.2) is 6.10 Å². The van der Waals surface area contributed by atoms with Crippen molar-refractivity contribution in [1.29, 1.82) is 0 Å². The number of benzene rings is 2. The number of carbonyl (C=O) groups is 2. The van der Waals surface area contributed by atoms with Gasteiger partial charge in [-0.2, -0.15) is 0 Å². The normalized spacial score (nSPS) is 18.7. The molecule has 1 fully saturated rings. The summed E-state index contributed by atoms with van der Waals surface area (Å²) in [6.45, 7) is 2.34. The number of hydrogen-bond acceptors (Lipinski definition) is 5. The number of ether oxygens (including phenoxy) is 3. The van der Waals surface area contributed by atoms with Crippen LogP contribution in [0.2, 0.25) is 0 Å². The number of hydrogen-bond donors (Lipinski definition) is 0. The molecular weight excluding hydrogens is 308 g/mol. The van der Waals surface area contributed by atoms with Gasteiger partial charge in [0.1, 0.15) is 11.9 Å². The molecule has 2 aromatic carbocycles. The van der Waals surface area contributed by atoms with Crippen molar-refractivity contribution in [3.05, 3.63) is 65.7 Å². The zero-order valence-electron chi connectivity index (χ0n) is 13.3. The molecule has 0 radical (unpaired) electrons. The lowest BCUT2D eigenvalue weighted by Crippen LogP contribution is -2.12. The van der Waals surface area contributed by atoms with E-state index in [2.05, 4.69) is 0 Å². The van der Waals surface area contributed by atoms with Crippen molar-refractivity contribution in [2.24, 2.45) is 0 Å². The third-order valence-electron chi connectivity index (χ3n) is 3.60. The van der Waals surface area contributed by atoms with Crippen LogP contribution in [0, 0.1) is 0 Å². The first-order chi connectivity index (χ1) is 11.7. The van der Waals surface area contributed by atoms with Gasteiger partial charge >= 0.3 is 11.9 Å². The average molecular weight is 326 g/mol. The van der Waals surface area contributed by atoms with Crippen LogP contribution in [0.3, 0.4) is 0 Å². The topological polar surface area (TPSA) is 65.1 Å². The Labute approximate surface area is 140 Å². The van der Waals surface area contributed by atoms with Crippen LogP contribution in [-0.2, 0) is 14.3 Å². The Bertz CT molecular complexity index is 708. The molecule has 0 aliphatic carbocycles. The average Bonchev–Trinajstić information content (AvgIpc) is 3.42. The summed E-state index contributed by atoms with van der Waals surface area (Å²) in [5.41, 5.74) is 1.35. The highest BCUT2D eigenvalue weighted by atomic mass is 16.6. The maximum absolute atomic E-state index is 12.0. The lowest BCUT2D eigenvalue weighted by Gasteiger charge is -2.05. The van der Waals surface area contributed by atoms with Gasteiger partial charge in [0.25, 0.3) is 0 Å². The van der Waals surface area contributed by atoms with Gasteiger partial charge in [-0.3, -0.25) is 0 Å². The van der Waals surface area contributed by atoms with E-state index in [-0.39, 0.29) is 12.1 Å². The molecule has 1 aliphatic rings. The molecule has 3 rings (SSSR count). The van der Waals surface area contributed by atoms with E-state index < -0.39 is 12.1 Å². The standard InChI is InChI=1S/C19H18O5/c1-2-12-22-19(21)17-16(24-17)13-8-10-15(11-9-13)23-18(20)14-6-4-3-5-7-14/h3-11,16-17H,2,12H2,1H3/t16-,17+/m0/s1. The molecule has 0 N–H and O–H groups in total. The van der Waals surface area contributed by atoms with Crippen LogP contribution in [0.1, 0.15) is 35.4 Å². The van der Waals surface area contributed by atoms with Crippen LogP contribution in [-0.4, -0.2) is 24.6 Å². The summed E-state index contributed by atoms with van der Waals surface area (Å²) in [6, 6.07) is 15.7. The number of esters is 2. The Balaban J connectivity index is 1.57. The quantitative estimate of drug-likeness (QED) is 0.463. The Morgan fingerprint density at radius 1 is 1.04 bits per heavy atom. The van der Waals surface area contributed by atoms with Crippen molar-refractivity contribution >= 4 is 11.9 Å². The van der Waals surface area contributed by atoms with Crippen LogP contribution in [0.15, 0.2) is 54.6 Å². The molecule has 5 nitrogen and oxygen atoms in total. The molecule has 24 heavy (non-hydrogen) atoms. The number of rotatable bonds is 6. The van der Waals surface area contributed by atoms with Gasteiger partial charge < -0.3 is 14.2 Å². The largest absolute Gasteiger partial charge is 0.464 e. The van der Waals surface area contributed by atoms with Crippen LogP contribution < -0.4 is 4.74 Å². The molecule has 124 valence electrons. The van der Waals surface area contributed by atoms with Crippen LogP contribution in [0.25, 0.3) is 0 Å². The summed E-state index contributed by atoms with van der Waals surface area (Å²) in [5.74, 6) is -0.299. The van der Waals surface area contributed by atoms with Gasteiger partial charge in [0, 0.05) is 0 Å². The summed E-state index contributed by atoms with van der Waals surface area (Å²) in [7, 11) is 0. The summed E-state index contributed by atoms with van der Waals surface area (Å²) in [6.07, 6.45) is -0.0348. The zero-order chi connectivity index (χ0) is 16.9. The minimum Gasteiger partial charge on any atom is -0.464 e. The Morgan fingerprint density at radius 3 is 2.42 bits per heavy atom. The van der Waals surface area contributed by atoms with Crippen LogP contribution >= 0.6 is 0 Å². The molecule has 0 aromatic heterocycles. The van der Waals surface area contributed by atoms with Crippen molar-refractivity contribution in [3.8, 4) is 5.75 Å². The summed E-state index contributed by atoms with van der Waals surface area (Å²) in [5, 5.41) is 0. The Morgan fingerprint density at radius 2 is 1.75 bits per heavy atom. The van der Waals surface area contributed by atoms with Crippen LogP contribution in [0.5, 0.6) is 5.75 Å². The second kappa shape index (κ2) is 7.27. The van der Waals surface area contributed by atoms with Crippen molar-refractivity contribution in [1.82, 2.24) is 0 Å². The highest BCUT2D eigenvalue weighted by molar-refractivity contribution is 5.90. The van der Waals surface area contributed by atoms with Gasteiger partial charge in [-0.15, -0.1) is 0 Å². The predicted molar refractivity (Wildman–Crippen MR) is 86.7 cm³/mol. The molecule has 0 amide bonds. The van der Waals surface area contributed by atoms with E-state index in [1.165, 1.54) is 0 Å². The van der Waals surface area contributed by atoms with Crippen molar-refractivity contribution in [3.63, 3.8) is 0 Å².